The van der Waals surface area contributed by atoms with Crippen molar-refractivity contribution < 1.29 is 0 Å². The Morgan fingerprint density at radius 3 is 2.76 bits per heavy atom. The summed E-state index contributed by atoms with van der Waals surface area (Å²) in [7, 11) is 0. The van der Waals surface area contributed by atoms with Crippen molar-refractivity contribution in [3.8, 4) is 21.7 Å². The largest absolute Gasteiger partial charge is 0.397 e. The average molecular weight is 294 g/mol. The molecule has 0 amide bonds. The molecule has 0 saturated heterocycles. The number of nitrogen functional groups attached to an aromatic ring is 1. The Morgan fingerprint density at radius 1 is 1.14 bits per heavy atom. The van der Waals surface area contributed by atoms with Crippen LogP contribution in [-0.2, 0) is 13.0 Å². The van der Waals surface area contributed by atoms with E-state index in [9.17, 15) is 4.79 Å². The van der Waals surface area contributed by atoms with Crippen molar-refractivity contribution in [3.63, 3.8) is 0 Å². The number of thiophene rings is 1. The molecule has 3 heterocycles. The van der Waals surface area contributed by atoms with Gasteiger partial charge in [-0.3, -0.25) is 4.79 Å². The molecule has 3 nitrogen and oxygen atoms in total. The van der Waals surface area contributed by atoms with Crippen LogP contribution in [0.25, 0.3) is 21.7 Å². The normalized spacial score (nSPS) is 12.8. The predicted octanol–water partition coefficient (Wildman–Crippen LogP) is 3.38. The van der Waals surface area contributed by atoms with Crippen LogP contribution < -0.4 is 11.3 Å². The monoisotopic (exact) mass is 294 g/mol. The summed E-state index contributed by atoms with van der Waals surface area (Å²) in [4.78, 5) is 13.9. The number of rotatable bonds is 1. The smallest absolute Gasteiger partial charge is 0.259 e. The molecule has 0 saturated carbocycles. The number of anilines is 1. The number of nitrogens with two attached hydrogens (primary N) is 1. The first kappa shape index (κ1) is 12.4. The highest BCUT2D eigenvalue weighted by Gasteiger charge is 2.22. The number of aromatic nitrogens is 1. The van der Waals surface area contributed by atoms with E-state index in [0.717, 1.165) is 22.6 Å². The molecular formula is C17H14N2OS. The van der Waals surface area contributed by atoms with E-state index in [1.165, 1.54) is 5.56 Å². The Hall–Kier alpha value is -2.33. The van der Waals surface area contributed by atoms with Gasteiger partial charge in [-0.05, 0) is 35.1 Å². The van der Waals surface area contributed by atoms with Crippen molar-refractivity contribution in [1.82, 2.24) is 4.57 Å². The van der Waals surface area contributed by atoms with Crippen LogP contribution in [0, 0.1) is 0 Å². The first-order valence-corrected chi connectivity index (χ1v) is 7.79. The van der Waals surface area contributed by atoms with Crippen molar-refractivity contribution in [2.45, 2.75) is 13.0 Å². The fraction of sp³-hybridized carbons (Fsp3) is 0.118. The summed E-state index contributed by atoms with van der Waals surface area (Å²) in [6.07, 6.45) is 0.892. The lowest BCUT2D eigenvalue weighted by Crippen LogP contribution is -2.27. The lowest BCUT2D eigenvalue weighted by Gasteiger charge is -2.21. The fourth-order valence-electron chi connectivity index (χ4n) is 2.95. The molecule has 0 unspecified atom stereocenters. The lowest BCUT2D eigenvalue weighted by atomic mass is 10.0. The number of aryl methyl sites for hydroxylation is 1. The Balaban J connectivity index is 2.01. The first-order chi connectivity index (χ1) is 10.3. The summed E-state index contributed by atoms with van der Waals surface area (Å²) < 4.78 is 1.83. The van der Waals surface area contributed by atoms with Gasteiger partial charge in [-0.2, -0.15) is 0 Å². The number of hydrogen-bond acceptors (Lipinski definition) is 3. The molecule has 4 heteroatoms. The van der Waals surface area contributed by atoms with Crippen LogP contribution in [0.1, 0.15) is 5.56 Å². The van der Waals surface area contributed by atoms with E-state index < -0.39 is 0 Å². The summed E-state index contributed by atoms with van der Waals surface area (Å²) in [6, 6.07) is 13.7. The maximum Gasteiger partial charge on any atom is 0.259 e. The molecule has 1 aliphatic heterocycles. The van der Waals surface area contributed by atoms with Gasteiger partial charge in [-0.25, -0.2) is 0 Å². The molecule has 21 heavy (non-hydrogen) atoms. The summed E-state index contributed by atoms with van der Waals surface area (Å²) in [5.41, 5.74) is 10.8. The quantitative estimate of drug-likeness (QED) is 0.748. The first-order valence-electron chi connectivity index (χ1n) is 6.91. The third-order valence-corrected chi connectivity index (χ3v) is 4.93. The summed E-state index contributed by atoms with van der Waals surface area (Å²) >= 11 is 1.65. The highest BCUT2D eigenvalue weighted by molar-refractivity contribution is 7.13. The standard InChI is InChI=1S/C17H14N2OS/c18-14-10-13(11-4-2-1-3-5-11)17(20)19-8-6-12-7-9-21-16(12)15(14)19/h1-5,7,9-10H,6,8,18H2. The molecule has 4 rings (SSSR count). The number of pyridine rings is 1. The number of hydrogen-bond donors (Lipinski definition) is 1. The van der Waals surface area contributed by atoms with E-state index in [1.54, 1.807) is 11.3 Å². The molecular weight excluding hydrogens is 280 g/mol. The zero-order valence-electron chi connectivity index (χ0n) is 11.4. The van der Waals surface area contributed by atoms with Gasteiger partial charge in [-0.15, -0.1) is 11.3 Å². The van der Waals surface area contributed by atoms with Gasteiger partial charge in [0, 0.05) is 12.1 Å². The van der Waals surface area contributed by atoms with Gasteiger partial charge >= 0.3 is 0 Å². The zero-order chi connectivity index (χ0) is 14.4. The Labute approximate surface area is 126 Å². The zero-order valence-corrected chi connectivity index (χ0v) is 12.2. The third kappa shape index (κ3) is 1.83. The average Bonchev–Trinajstić information content (AvgIpc) is 2.99. The molecule has 0 aliphatic carbocycles. The molecule has 0 radical (unpaired) electrons. The minimum Gasteiger partial charge on any atom is -0.397 e. The van der Waals surface area contributed by atoms with Gasteiger partial charge in [0.15, 0.2) is 0 Å². The van der Waals surface area contributed by atoms with E-state index in [2.05, 4.69) is 11.4 Å². The molecule has 104 valence electrons. The van der Waals surface area contributed by atoms with Crippen LogP contribution in [0.3, 0.4) is 0 Å². The van der Waals surface area contributed by atoms with E-state index in [4.69, 9.17) is 5.73 Å². The van der Waals surface area contributed by atoms with E-state index in [-0.39, 0.29) is 5.56 Å². The van der Waals surface area contributed by atoms with Gasteiger partial charge in [0.2, 0.25) is 0 Å². The van der Waals surface area contributed by atoms with Crippen molar-refractivity contribution >= 4 is 17.0 Å². The van der Waals surface area contributed by atoms with Crippen LogP contribution in [0.15, 0.2) is 52.6 Å². The van der Waals surface area contributed by atoms with Crippen molar-refractivity contribution in [3.05, 3.63) is 63.8 Å². The summed E-state index contributed by atoms with van der Waals surface area (Å²) in [5.74, 6) is 0. The molecule has 0 spiro atoms. The van der Waals surface area contributed by atoms with Gasteiger partial charge in [-0.1, -0.05) is 30.3 Å². The van der Waals surface area contributed by atoms with Crippen LogP contribution in [-0.4, -0.2) is 4.57 Å². The SMILES string of the molecule is Nc1cc(-c2ccccc2)c(=O)n2c1-c1sccc1CC2. The molecule has 2 aromatic heterocycles. The van der Waals surface area contributed by atoms with Crippen molar-refractivity contribution in [2.24, 2.45) is 0 Å². The summed E-state index contributed by atoms with van der Waals surface area (Å²) in [5, 5.41) is 2.06. The van der Waals surface area contributed by atoms with Crippen molar-refractivity contribution in [1.29, 1.82) is 0 Å². The Morgan fingerprint density at radius 2 is 1.95 bits per heavy atom. The van der Waals surface area contributed by atoms with Gasteiger partial charge in [0.05, 0.1) is 16.3 Å². The molecule has 0 fully saturated rings. The van der Waals surface area contributed by atoms with E-state index >= 15 is 0 Å². The second kappa shape index (κ2) is 4.60. The highest BCUT2D eigenvalue weighted by atomic mass is 32.1. The van der Waals surface area contributed by atoms with Gasteiger partial charge in [0.1, 0.15) is 0 Å². The Kier molecular flexibility index (Phi) is 2.72. The molecule has 3 aromatic rings. The maximum absolute atomic E-state index is 12.8. The molecule has 1 aromatic carbocycles. The minimum absolute atomic E-state index is 0.0458. The lowest BCUT2D eigenvalue weighted by molar-refractivity contribution is 0.665. The molecule has 0 bridgehead atoms. The maximum atomic E-state index is 12.8. The molecule has 0 atom stereocenters. The minimum atomic E-state index is 0.0458. The Bertz CT molecular complexity index is 878. The number of fused-ring (bicyclic) bond motifs is 3. The highest BCUT2D eigenvalue weighted by Crippen LogP contribution is 2.37. The fourth-order valence-corrected chi connectivity index (χ4v) is 3.98. The summed E-state index contributed by atoms with van der Waals surface area (Å²) in [6.45, 7) is 0.697. The predicted molar refractivity (Wildman–Crippen MR) is 87.6 cm³/mol. The second-order valence-electron chi connectivity index (χ2n) is 5.21. The van der Waals surface area contributed by atoms with E-state index in [0.29, 0.717) is 17.8 Å². The third-order valence-electron chi connectivity index (χ3n) is 3.97. The molecule has 1 aliphatic rings. The van der Waals surface area contributed by atoms with Crippen LogP contribution >= 0.6 is 11.3 Å². The van der Waals surface area contributed by atoms with Gasteiger partial charge < -0.3 is 10.3 Å². The van der Waals surface area contributed by atoms with Crippen LogP contribution in [0.2, 0.25) is 0 Å². The second-order valence-corrected chi connectivity index (χ2v) is 6.13. The van der Waals surface area contributed by atoms with E-state index in [1.807, 2.05) is 41.0 Å². The number of benzene rings is 1. The van der Waals surface area contributed by atoms with Crippen LogP contribution in [0.4, 0.5) is 5.69 Å². The molecule has 2 N–H and O–H groups in total. The van der Waals surface area contributed by atoms with Gasteiger partial charge in [0.25, 0.3) is 5.56 Å². The van der Waals surface area contributed by atoms with Crippen molar-refractivity contribution in [2.75, 3.05) is 5.73 Å². The topological polar surface area (TPSA) is 48.0 Å². The number of nitrogens with zero attached hydrogens (tertiary/aromatic N) is 1. The van der Waals surface area contributed by atoms with Crippen LogP contribution in [0.5, 0.6) is 0 Å².